The van der Waals surface area contributed by atoms with E-state index in [2.05, 4.69) is 0 Å². The largest absolute Gasteiger partial charge is 0.497 e. The maximum atomic E-state index is 12.2. The van der Waals surface area contributed by atoms with Gasteiger partial charge in [-0.05, 0) is 47.8 Å². The topological polar surface area (TPSA) is 35.5 Å². The van der Waals surface area contributed by atoms with Gasteiger partial charge >= 0.3 is 5.97 Å². The lowest BCUT2D eigenvalue weighted by atomic mass is 10.2. The van der Waals surface area contributed by atoms with Gasteiger partial charge in [0.2, 0.25) is 0 Å². The van der Waals surface area contributed by atoms with Crippen LogP contribution >= 0.6 is 23.5 Å². The quantitative estimate of drug-likeness (QED) is 0.410. The normalized spacial score (nSPS) is 15.2. The van der Waals surface area contributed by atoms with Crippen LogP contribution in [0.4, 0.5) is 0 Å². The zero-order valence-electron chi connectivity index (χ0n) is 14.0. The molecule has 1 saturated heterocycles. The molecule has 1 heterocycles. The van der Waals surface area contributed by atoms with Gasteiger partial charge in [0.15, 0.2) is 0 Å². The molecule has 0 aliphatic carbocycles. The second-order valence-corrected chi connectivity index (χ2v) is 8.22. The molecule has 0 radical (unpaired) electrons. The standard InChI is InChI=1S/C20H20O3S2/c1-22-16-9-10-18(17(14-16)20-24-12-5-13-25-20)23-19(21)11-8-15-6-3-2-4-7-15/h2-4,6-11,14,20H,5,12-13H2,1H3. The number of benzene rings is 2. The first-order valence-corrected chi connectivity index (χ1v) is 10.2. The number of carbonyl (C=O) groups excluding carboxylic acids is 1. The van der Waals surface area contributed by atoms with Crippen LogP contribution in [0.25, 0.3) is 6.08 Å². The maximum Gasteiger partial charge on any atom is 0.336 e. The summed E-state index contributed by atoms with van der Waals surface area (Å²) in [6.45, 7) is 0. The molecule has 0 bridgehead atoms. The van der Waals surface area contributed by atoms with E-state index in [1.165, 1.54) is 12.5 Å². The van der Waals surface area contributed by atoms with Crippen LogP contribution in [0.3, 0.4) is 0 Å². The summed E-state index contributed by atoms with van der Waals surface area (Å²) in [7, 11) is 1.65. The van der Waals surface area contributed by atoms with E-state index in [-0.39, 0.29) is 10.6 Å². The summed E-state index contributed by atoms with van der Waals surface area (Å²) in [5.41, 5.74) is 1.98. The number of methoxy groups -OCH3 is 1. The van der Waals surface area contributed by atoms with Crippen LogP contribution in [0.15, 0.2) is 54.6 Å². The number of thioether (sulfide) groups is 2. The fourth-order valence-corrected chi connectivity index (χ4v) is 5.39. The third kappa shape index (κ3) is 5.06. The van der Waals surface area contributed by atoms with Crippen LogP contribution < -0.4 is 9.47 Å². The average molecular weight is 373 g/mol. The van der Waals surface area contributed by atoms with Crippen molar-refractivity contribution in [3.63, 3.8) is 0 Å². The minimum Gasteiger partial charge on any atom is -0.497 e. The highest BCUT2D eigenvalue weighted by Gasteiger charge is 2.22. The van der Waals surface area contributed by atoms with Crippen molar-refractivity contribution in [2.24, 2.45) is 0 Å². The number of carbonyl (C=O) groups is 1. The molecule has 0 aromatic heterocycles. The summed E-state index contributed by atoms with van der Waals surface area (Å²) in [6.07, 6.45) is 4.44. The molecule has 1 fully saturated rings. The average Bonchev–Trinajstić information content (AvgIpc) is 2.68. The fourth-order valence-electron chi connectivity index (χ4n) is 2.47. The third-order valence-electron chi connectivity index (χ3n) is 3.72. The van der Waals surface area contributed by atoms with Gasteiger partial charge in [-0.25, -0.2) is 4.79 Å². The van der Waals surface area contributed by atoms with Crippen LogP contribution in [0.5, 0.6) is 11.5 Å². The van der Waals surface area contributed by atoms with Crippen molar-refractivity contribution in [3.8, 4) is 11.5 Å². The number of hydrogen-bond acceptors (Lipinski definition) is 5. The van der Waals surface area contributed by atoms with E-state index in [1.54, 1.807) is 13.2 Å². The molecule has 25 heavy (non-hydrogen) atoms. The van der Waals surface area contributed by atoms with Crippen LogP contribution in [0.1, 0.15) is 22.1 Å². The van der Waals surface area contributed by atoms with E-state index in [4.69, 9.17) is 9.47 Å². The Bertz CT molecular complexity index is 738. The first-order chi connectivity index (χ1) is 12.3. The van der Waals surface area contributed by atoms with Gasteiger partial charge in [0.05, 0.1) is 11.7 Å². The molecule has 0 N–H and O–H groups in total. The second kappa shape index (κ2) is 9.02. The fraction of sp³-hybridized carbons (Fsp3) is 0.250. The Labute approximate surface area is 156 Å². The summed E-state index contributed by atoms with van der Waals surface area (Å²) in [5.74, 6) is 3.25. The van der Waals surface area contributed by atoms with E-state index >= 15 is 0 Å². The molecule has 0 atom stereocenters. The maximum absolute atomic E-state index is 12.2. The minimum atomic E-state index is -0.374. The Kier molecular flexibility index (Phi) is 6.48. The third-order valence-corrected chi connectivity index (χ3v) is 6.70. The summed E-state index contributed by atoms with van der Waals surface area (Å²) in [5, 5.41) is 0. The molecule has 0 amide bonds. The van der Waals surface area contributed by atoms with Crippen molar-refractivity contribution in [1.82, 2.24) is 0 Å². The van der Waals surface area contributed by atoms with Gasteiger partial charge < -0.3 is 9.47 Å². The smallest absolute Gasteiger partial charge is 0.336 e. The van der Waals surface area contributed by atoms with Crippen LogP contribution in [-0.2, 0) is 4.79 Å². The SMILES string of the molecule is COc1ccc(OC(=O)C=Cc2ccccc2)c(C2SCCCS2)c1. The first-order valence-electron chi connectivity index (χ1n) is 8.12. The zero-order valence-corrected chi connectivity index (χ0v) is 15.6. The molecule has 130 valence electrons. The van der Waals surface area contributed by atoms with Crippen molar-refractivity contribution in [1.29, 1.82) is 0 Å². The van der Waals surface area contributed by atoms with E-state index < -0.39 is 0 Å². The molecular formula is C20H20O3S2. The van der Waals surface area contributed by atoms with Gasteiger partial charge in [-0.15, -0.1) is 23.5 Å². The van der Waals surface area contributed by atoms with Crippen molar-refractivity contribution >= 4 is 35.6 Å². The summed E-state index contributed by atoms with van der Waals surface area (Å²) in [6, 6.07) is 15.3. The van der Waals surface area contributed by atoms with Crippen molar-refractivity contribution in [2.75, 3.05) is 18.6 Å². The Morgan fingerprint density at radius 2 is 1.88 bits per heavy atom. The number of rotatable bonds is 5. The molecule has 1 aliphatic rings. The lowest BCUT2D eigenvalue weighted by Gasteiger charge is -2.23. The van der Waals surface area contributed by atoms with Gasteiger partial charge in [-0.1, -0.05) is 30.3 Å². The molecule has 3 nitrogen and oxygen atoms in total. The van der Waals surface area contributed by atoms with E-state index in [0.29, 0.717) is 5.75 Å². The van der Waals surface area contributed by atoms with Gasteiger partial charge in [0.25, 0.3) is 0 Å². The Hall–Kier alpha value is -1.85. The molecule has 2 aromatic carbocycles. The zero-order chi connectivity index (χ0) is 17.5. The first kappa shape index (κ1) is 18.0. The van der Waals surface area contributed by atoms with E-state index in [9.17, 15) is 4.79 Å². The molecule has 5 heteroatoms. The monoisotopic (exact) mass is 372 g/mol. The van der Waals surface area contributed by atoms with E-state index in [0.717, 1.165) is 28.4 Å². The summed E-state index contributed by atoms with van der Waals surface area (Å²) >= 11 is 3.77. The molecule has 3 rings (SSSR count). The van der Waals surface area contributed by atoms with Crippen LogP contribution in [0, 0.1) is 0 Å². The molecule has 0 saturated carbocycles. The van der Waals surface area contributed by atoms with Crippen LogP contribution in [-0.4, -0.2) is 24.6 Å². The predicted molar refractivity (Wildman–Crippen MR) is 106 cm³/mol. The van der Waals surface area contributed by atoms with E-state index in [1.807, 2.05) is 72.1 Å². The molecule has 0 unspecified atom stereocenters. The molecular weight excluding hydrogens is 352 g/mol. The lowest BCUT2D eigenvalue weighted by molar-refractivity contribution is -0.128. The lowest BCUT2D eigenvalue weighted by Crippen LogP contribution is -2.08. The van der Waals surface area contributed by atoms with Gasteiger partial charge in [-0.2, -0.15) is 0 Å². The highest BCUT2D eigenvalue weighted by Crippen LogP contribution is 2.47. The highest BCUT2D eigenvalue weighted by molar-refractivity contribution is 8.16. The summed E-state index contributed by atoms with van der Waals surface area (Å²) < 4.78 is 11.2. The number of esters is 1. The second-order valence-electron chi connectivity index (χ2n) is 5.50. The van der Waals surface area contributed by atoms with Gasteiger partial charge in [0, 0.05) is 11.6 Å². The molecule has 1 aliphatic heterocycles. The molecule has 2 aromatic rings. The predicted octanol–water partition coefficient (Wildman–Crippen LogP) is 5.18. The number of hydrogen-bond donors (Lipinski definition) is 0. The Balaban J connectivity index is 1.76. The molecule has 0 spiro atoms. The number of ether oxygens (including phenoxy) is 2. The van der Waals surface area contributed by atoms with Crippen molar-refractivity contribution in [3.05, 3.63) is 65.7 Å². The van der Waals surface area contributed by atoms with Crippen molar-refractivity contribution in [2.45, 2.75) is 11.0 Å². The Morgan fingerprint density at radius 3 is 2.60 bits per heavy atom. The highest BCUT2D eigenvalue weighted by atomic mass is 32.2. The van der Waals surface area contributed by atoms with Crippen LogP contribution in [0.2, 0.25) is 0 Å². The van der Waals surface area contributed by atoms with Gasteiger partial charge in [0.1, 0.15) is 11.5 Å². The summed E-state index contributed by atoms with van der Waals surface area (Å²) in [4.78, 5) is 12.2. The van der Waals surface area contributed by atoms with Gasteiger partial charge in [-0.3, -0.25) is 0 Å². The minimum absolute atomic E-state index is 0.268. The van der Waals surface area contributed by atoms with Crippen molar-refractivity contribution < 1.29 is 14.3 Å². The Morgan fingerprint density at radius 1 is 1.12 bits per heavy atom.